The fourth-order valence-corrected chi connectivity index (χ4v) is 3.96. The maximum absolute atomic E-state index is 12.5. The van der Waals surface area contributed by atoms with Crippen molar-refractivity contribution in [3.63, 3.8) is 0 Å². The third-order valence-electron chi connectivity index (χ3n) is 3.52. The number of hydrogen-bond donors (Lipinski definition) is 1. The highest BCUT2D eigenvalue weighted by Gasteiger charge is 2.27. The highest BCUT2D eigenvalue weighted by molar-refractivity contribution is 7.89. The van der Waals surface area contributed by atoms with E-state index >= 15 is 0 Å². The smallest absolute Gasteiger partial charge is 0.243 e. The van der Waals surface area contributed by atoms with Crippen molar-refractivity contribution >= 4 is 10.0 Å². The fraction of sp³-hybridized carbons (Fsp3) is 0.571. The average Bonchev–Trinajstić information content (AvgIpc) is 2.99. The molecule has 1 heterocycles. The Balaban J connectivity index is 2.32. The molecule has 1 N–H and O–H groups in total. The maximum Gasteiger partial charge on any atom is 0.243 e. The first kappa shape index (κ1) is 15.3. The quantitative estimate of drug-likeness (QED) is 0.866. The van der Waals surface area contributed by atoms with Crippen molar-refractivity contribution in [2.75, 3.05) is 26.7 Å². The summed E-state index contributed by atoms with van der Waals surface area (Å²) in [6, 6.07) is 5.08. The van der Waals surface area contributed by atoms with Gasteiger partial charge in [0, 0.05) is 25.2 Å². The van der Waals surface area contributed by atoms with E-state index in [1.807, 2.05) is 6.92 Å². The minimum atomic E-state index is -3.36. The highest BCUT2D eigenvalue weighted by atomic mass is 32.2. The SMILES string of the molecule is CCNCc1cc(S(=O)(=O)N2CCCC2)ccc1OC. The first-order valence-electron chi connectivity index (χ1n) is 6.97. The van der Waals surface area contributed by atoms with Crippen molar-refractivity contribution < 1.29 is 13.2 Å². The van der Waals surface area contributed by atoms with Gasteiger partial charge in [-0.25, -0.2) is 8.42 Å². The van der Waals surface area contributed by atoms with E-state index in [0.717, 1.165) is 24.9 Å². The van der Waals surface area contributed by atoms with Crippen LogP contribution in [0.3, 0.4) is 0 Å². The van der Waals surface area contributed by atoms with Gasteiger partial charge in [0.1, 0.15) is 5.75 Å². The zero-order valence-electron chi connectivity index (χ0n) is 12.1. The Hall–Kier alpha value is -1.11. The van der Waals surface area contributed by atoms with Gasteiger partial charge in [0.05, 0.1) is 12.0 Å². The van der Waals surface area contributed by atoms with E-state index in [2.05, 4.69) is 5.32 Å². The van der Waals surface area contributed by atoms with Crippen LogP contribution in [0.25, 0.3) is 0 Å². The van der Waals surface area contributed by atoms with Gasteiger partial charge in [-0.15, -0.1) is 0 Å². The number of sulfonamides is 1. The molecule has 1 aromatic rings. The van der Waals surface area contributed by atoms with E-state index in [9.17, 15) is 8.42 Å². The standard InChI is InChI=1S/C14H22N2O3S/c1-3-15-11-12-10-13(6-7-14(12)19-2)20(17,18)16-8-4-5-9-16/h6-7,10,15H,3-5,8-9,11H2,1-2H3. The maximum atomic E-state index is 12.5. The summed E-state index contributed by atoms with van der Waals surface area (Å²) in [5, 5.41) is 3.20. The molecule has 6 heteroatoms. The second kappa shape index (κ2) is 6.56. The minimum Gasteiger partial charge on any atom is -0.496 e. The van der Waals surface area contributed by atoms with E-state index < -0.39 is 10.0 Å². The molecule has 1 fully saturated rings. The van der Waals surface area contributed by atoms with Crippen LogP contribution in [0.4, 0.5) is 0 Å². The lowest BCUT2D eigenvalue weighted by atomic mass is 10.2. The molecule has 0 aromatic heterocycles. The Morgan fingerprint density at radius 3 is 2.60 bits per heavy atom. The summed E-state index contributed by atoms with van der Waals surface area (Å²) in [6.45, 7) is 4.68. The number of nitrogens with one attached hydrogen (secondary N) is 1. The van der Waals surface area contributed by atoms with Crippen LogP contribution < -0.4 is 10.1 Å². The van der Waals surface area contributed by atoms with Crippen molar-refractivity contribution in [1.82, 2.24) is 9.62 Å². The summed E-state index contributed by atoms with van der Waals surface area (Å²) in [5.41, 5.74) is 0.870. The van der Waals surface area contributed by atoms with Crippen LogP contribution in [0, 0.1) is 0 Å². The van der Waals surface area contributed by atoms with Crippen LogP contribution in [0.15, 0.2) is 23.1 Å². The van der Waals surface area contributed by atoms with Gasteiger partial charge in [0.15, 0.2) is 0 Å². The van der Waals surface area contributed by atoms with Crippen LogP contribution in [-0.4, -0.2) is 39.5 Å². The van der Waals surface area contributed by atoms with Gasteiger partial charge < -0.3 is 10.1 Å². The lowest BCUT2D eigenvalue weighted by molar-refractivity contribution is 0.407. The molecule has 5 nitrogen and oxygen atoms in total. The number of rotatable bonds is 6. The van der Waals surface area contributed by atoms with Crippen molar-refractivity contribution in [3.05, 3.63) is 23.8 Å². The van der Waals surface area contributed by atoms with Crippen molar-refractivity contribution in [2.24, 2.45) is 0 Å². The summed E-state index contributed by atoms with van der Waals surface area (Å²) >= 11 is 0. The topological polar surface area (TPSA) is 58.6 Å². The first-order chi connectivity index (χ1) is 9.59. The van der Waals surface area contributed by atoms with E-state index in [0.29, 0.717) is 30.3 Å². The zero-order valence-corrected chi connectivity index (χ0v) is 12.9. The van der Waals surface area contributed by atoms with Gasteiger partial charge in [0.25, 0.3) is 0 Å². The molecule has 1 saturated heterocycles. The number of benzene rings is 1. The Morgan fingerprint density at radius 1 is 1.30 bits per heavy atom. The molecule has 1 aliphatic heterocycles. The van der Waals surface area contributed by atoms with Gasteiger partial charge in [0.2, 0.25) is 10.0 Å². The molecule has 0 unspecified atom stereocenters. The van der Waals surface area contributed by atoms with E-state index in [1.165, 1.54) is 0 Å². The summed E-state index contributed by atoms with van der Waals surface area (Å²) in [7, 11) is -1.76. The Kier molecular flexibility index (Phi) is 5.01. The predicted octanol–water partition coefficient (Wildman–Crippen LogP) is 1.59. The molecule has 0 spiro atoms. The van der Waals surface area contributed by atoms with Gasteiger partial charge in [-0.2, -0.15) is 4.31 Å². The Bertz CT molecular complexity index is 552. The summed E-state index contributed by atoms with van der Waals surface area (Å²) in [4.78, 5) is 0.355. The monoisotopic (exact) mass is 298 g/mol. The summed E-state index contributed by atoms with van der Waals surface area (Å²) < 4.78 is 31.9. The number of hydrogen-bond acceptors (Lipinski definition) is 4. The third-order valence-corrected chi connectivity index (χ3v) is 5.41. The highest BCUT2D eigenvalue weighted by Crippen LogP contribution is 2.26. The second-order valence-electron chi connectivity index (χ2n) is 4.87. The van der Waals surface area contributed by atoms with Crippen LogP contribution in [0.5, 0.6) is 5.75 Å². The molecule has 0 radical (unpaired) electrons. The van der Waals surface area contributed by atoms with Crippen molar-refractivity contribution in [1.29, 1.82) is 0 Å². The molecule has 1 aromatic carbocycles. The van der Waals surface area contributed by atoms with Crippen LogP contribution >= 0.6 is 0 Å². The van der Waals surface area contributed by atoms with E-state index in [-0.39, 0.29) is 0 Å². The van der Waals surface area contributed by atoms with E-state index in [1.54, 1.807) is 29.6 Å². The van der Waals surface area contributed by atoms with Gasteiger partial charge in [-0.1, -0.05) is 6.92 Å². The largest absolute Gasteiger partial charge is 0.496 e. The molecule has 0 amide bonds. The average molecular weight is 298 g/mol. The lowest BCUT2D eigenvalue weighted by Crippen LogP contribution is -2.28. The van der Waals surface area contributed by atoms with Gasteiger partial charge in [-0.3, -0.25) is 0 Å². The molecule has 0 atom stereocenters. The van der Waals surface area contributed by atoms with Crippen LogP contribution in [0.2, 0.25) is 0 Å². The van der Waals surface area contributed by atoms with E-state index in [4.69, 9.17) is 4.74 Å². The predicted molar refractivity (Wildman–Crippen MR) is 78.4 cm³/mol. The number of methoxy groups -OCH3 is 1. The Labute approximate surface area is 121 Å². The number of nitrogens with zero attached hydrogens (tertiary/aromatic N) is 1. The third kappa shape index (κ3) is 3.13. The van der Waals surface area contributed by atoms with Gasteiger partial charge >= 0.3 is 0 Å². The fourth-order valence-electron chi connectivity index (χ4n) is 2.39. The van der Waals surface area contributed by atoms with Crippen molar-refractivity contribution in [2.45, 2.75) is 31.2 Å². The van der Waals surface area contributed by atoms with Crippen LogP contribution in [0.1, 0.15) is 25.3 Å². The summed E-state index contributed by atoms with van der Waals surface area (Å²) in [6.07, 6.45) is 1.89. The number of ether oxygens (including phenoxy) is 1. The van der Waals surface area contributed by atoms with Gasteiger partial charge in [-0.05, 0) is 37.6 Å². The van der Waals surface area contributed by atoms with Crippen LogP contribution in [-0.2, 0) is 16.6 Å². The normalized spacial score (nSPS) is 16.5. The molecule has 0 bridgehead atoms. The zero-order chi connectivity index (χ0) is 14.6. The van der Waals surface area contributed by atoms with Crippen molar-refractivity contribution in [3.8, 4) is 5.75 Å². The lowest BCUT2D eigenvalue weighted by Gasteiger charge is -2.17. The molecule has 112 valence electrons. The molecule has 0 aliphatic carbocycles. The molecule has 20 heavy (non-hydrogen) atoms. The molecule has 1 aliphatic rings. The molecule has 0 saturated carbocycles. The molecular formula is C14H22N2O3S. The summed E-state index contributed by atoms with van der Waals surface area (Å²) in [5.74, 6) is 0.714. The molecule has 2 rings (SSSR count). The second-order valence-corrected chi connectivity index (χ2v) is 6.80. The first-order valence-corrected chi connectivity index (χ1v) is 8.41. The Morgan fingerprint density at radius 2 is 2.00 bits per heavy atom. The minimum absolute atomic E-state index is 0.355. The molecular weight excluding hydrogens is 276 g/mol.